The number of morpholine rings is 1. The van der Waals surface area contributed by atoms with Crippen LogP contribution in [0, 0.1) is 0 Å². The van der Waals surface area contributed by atoms with Crippen LogP contribution in [0.4, 0.5) is 5.69 Å². The highest BCUT2D eigenvalue weighted by Crippen LogP contribution is 2.16. The third-order valence-electron chi connectivity index (χ3n) is 4.94. The Morgan fingerprint density at radius 1 is 1.07 bits per heavy atom. The van der Waals surface area contributed by atoms with Crippen molar-refractivity contribution in [2.45, 2.75) is 19.0 Å². The minimum absolute atomic E-state index is 0.179. The molecule has 3 rings (SSSR count). The number of quaternary nitrogens is 1. The van der Waals surface area contributed by atoms with Crippen molar-refractivity contribution in [3.05, 3.63) is 60.2 Å². The van der Waals surface area contributed by atoms with Crippen molar-refractivity contribution in [2.75, 3.05) is 38.7 Å². The molecule has 1 aliphatic rings. The number of hydrogen-bond acceptors (Lipinski definition) is 3. The third-order valence-corrected chi connectivity index (χ3v) is 5.16. The molecule has 2 aromatic carbocycles. The van der Waals surface area contributed by atoms with Crippen molar-refractivity contribution in [3.8, 4) is 5.75 Å². The number of anilines is 1. The summed E-state index contributed by atoms with van der Waals surface area (Å²) >= 11 is 5.56. The summed E-state index contributed by atoms with van der Waals surface area (Å²) in [5, 5.41) is 7.37. The first-order valence-corrected chi connectivity index (χ1v) is 9.77. The first kappa shape index (κ1) is 19.6. The Balaban J connectivity index is 1.67. The number of thiocarbonyl (C=S) groups is 1. The number of hydrogen-bond donors (Lipinski definition) is 3. The lowest BCUT2D eigenvalue weighted by Crippen LogP contribution is -3.15. The zero-order valence-corrected chi connectivity index (χ0v) is 16.7. The van der Waals surface area contributed by atoms with Crippen LogP contribution in [0.1, 0.15) is 18.5 Å². The highest BCUT2D eigenvalue weighted by molar-refractivity contribution is 7.80. The summed E-state index contributed by atoms with van der Waals surface area (Å²) in [7, 11) is 1.66. The van der Waals surface area contributed by atoms with Crippen molar-refractivity contribution < 1.29 is 14.4 Å². The van der Waals surface area contributed by atoms with Gasteiger partial charge in [-0.2, -0.15) is 0 Å². The van der Waals surface area contributed by atoms with Crippen LogP contribution >= 0.6 is 12.2 Å². The summed E-state index contributed by atoms with van der Waals surface area (Å²) in [6.07, 6.45) is 0. The second-order valence-corrected chi connectivity index (χ2v) is 7.18. The Morgan fingerprint density at radius 3 is 2.37 bits per heavy atom. The van der Waals surface area contributed by atoms with Crippen LogP contribution in [0.15, 0.2) is 54.6 Å². The molecule has 0 aliphatic carbocycles. The normalized spacial score (nSPS) is 17.0. The van der Waals surface area contributed by atoms with E-state index in [4.69, 9.17) is 21.7 Å². The van der Waals surface area contributed by atoms with Crippen LogP contribution < -0.4 is 20.3 Å². The molecule has 2 aromatic rings. The number of nitrogens with one attached hydrogen (secondary N) is 3. The SMILES string of the molecule is COc1ccc(NC(=S)N[C@H](C)[C@@H](c2ccccc2)[NH+]2CCOCC2)cc1. The van der Waals surface area contributed by atoms with Crippen LogP contribution in [0.25, 0.3) is 0 Å². The summed E-state index contributed by atoms with van der Waals surface area (Å²) in [5.74, 6) is 0.827. The maximum atomic E-state index is 5.56. The summed E-state index contributed by atoms with van der Waals surface area (Å²) < 4.78 is 10.8. The van der Waals surface area contributed by atoms with Gasteiger partial charge in [-0.1, -0.05) is 30.3 Å². The van der Waals surface area contributed by atoms with Gasteiger partial charge in [0.1, 0.15) is 24.9 Å². The average Bonchev–Trinajstić information content (AvgIpc) is 2.70. The lowest BCUT2D eigenvalue weighted by Gasteiger charge is -2.35. The molecule has 144 valence electrons. The first-order chi connectivity index (χ1) is 13.2. The van der Waals surface area contributed by atoms with Gasteiger partial charge in [0, 0.05) is 11.3 Å². The molecular weight excluding hydrogens is 358 g/mol. The molecule has 0 saturated carbocycles. The zero-order valence-electron chi connectivity index (χ0n) is 15.9. The van der Waals surface area contributed by atoms with Crippen molar-refractivity contribution in [2.24, 2.45) is 0 Å². The Morgan fingerprint density at radius 2 is 1.74 bits per heavy atom. The van der Waals surface area contributed by atoms with Crippen molar-refractivity contribution in [3.63, 3.8) is 0 Å². The minimum Gasteiger partial charge on any atom is -0.497 e. The van der Waals surface area contributed by atoms with Gasteiger partial charge in [0.25, 0.3) is 0 Å². The molecule has 0 aromatic heterocycles. The van der Waals surface area contributed by atoms with E-state index in [2.05, 4.69) is 47.9 Å². The fourth-order valence-corrected chi connectivity index (χ4v) is 3.92. The Bertz CT molecular complexity index is 718. The topological polar surface area (TPSA) is 47.0 Å². The van der Waals surface area contributed by atoms with Gasteiger partial charge in [0.15, 0.2) is 5.11 Å². The van der Waals surface area contributed by atoms with E-state index in [0.29, 0.717) is 11.2 Å². The molecule has 1 saturated heterocycles. The van der Waals surface area contributed by atoms with Crippen molar-refractivity contribution in [1.29, 1.82) is 0 Å². The first-order valence-electron chi connectivity index (χ1n) is 9.36. The van der Waals surface area contributed by atoms with E-state index in [-0.39, 0.29) is 6.04 Å². The predicted molar refractivity (Wildman–Crippen MR) is 113 cm³/mol. The van der Waals surface area contributed by atoms with Gasteiger partial charge in [-0.3, -0.25) is 0 Å². The summed E-state index contributed by atoms with van der Waals surface area (Å²) in [4.78, 5) is 1.53. The van der Waals surface area contributed by atoms with Crippen LogP contribution in [0.2, 0.25) is 0 Å². The summed E-state index contributed by atoms with van der Waals surface area (Å²) in [6, 6.07) is 18.9. The van der Waals surface area contributed by atoms with E-state index >= 15 is 0 Å². The Kier molecular flexibility index (Phi) is 7.04. The lowest BCUT2D eigenvalue weighted by molar-refractivity contribution is -0.940. The van der Waals surface area contributed by atoms with Crippen molar-refractivity contribution >= 4 is 23.0 Å². The fourth-order valence-electron chi connectivity index (χ4n) is 3.61. The van der Waals surface area contributed by atoms with Gasteiger partial charge >= 0.3 is 0 Å². The third kappa shape index (κ3) is 5.42. The van der Waals surface area contributed by atoms with E-state index in [9.17, 15) is 0 Å². The van der Waals surface area contributed by atoms with E-state index in [1.807, 2.05) is 24.3 Å². The highest BCUT2D eigenvalue weighted by Gasteiger charge is 2.31. The number of ether oxygens (including phenoxy) is 2. The maximum Gasteiger partial charge on any atom is 0.171 e. The molecule has 0 spiro atoms. The lowest BCUT2D eigenvalue weighted by atomic mass is 9.98. The highest BCUT2D eigenvalue weighted by atomic mass is 32.1. The van der Waals surface area contributed by atoms with Gasteiger partial charge in [-0.25, -0.2) is 0 Å². The molecule has 0 amide bonds. The minimum atomic E-state index is 0.179. The molecule has 5 nitrogen and oxygen atoms in total. The van der Waals surface area contributed by atoms with Gasteiger partial charge in [-0.05, 0) is 43.4 Å². The maximum absolute atomic E-state index is 5.56. The van der Waals surface area contributed by atoms with E-state index < -0.39 is 0 Å². The van der Waals surface area contributed by atoms with E-state index in [1.54, 1.807) is 7.11 Å². The molecule has 2 atom stereocenters. The smallest absolute Gasteiger partial charge is 0.171 e. The summed E-state index contributed by atoms with van der Waals surface area (Å²) in [5.41, 5.74) is 2.26. The molecule has 1 aliphatic heterocycles. The molecule has 0 bridgehead atoms. The molecule has 1 fully saturated rings. The molecule has 27 heavy (non-hydrogen) atoms. The Hall–Kier alpha value is -2.15. The second-order valence-electron chi connectivity index (χ2n) is 6.77. The second kappa shape index (κ2) is 9.69. The van der Waals surface area contributed by atoms with Crippen LogP contribution in [-0.4, -0.2) is 44.6 Å². The quantitative estimate of drug-likeness (QED) is 0.663. The number of rotatable bonds is 6. The van der Waals surface area contributed by atoms with Crippen LogP contribution in [0.3, 0.4) is 0 Å². The van der Waals surface area contributed by atoms with Crippen molar-refractivity contribution in [1.82, 2.24) is 5.32 Å². The molecule has 0 unspecified atom stereocenters. The van der Waals surface area contributed by atoms with Gasteiger partial charge in [0.05, 0.1) is 26.4 Å². The number of benzene rings is 2. The fraction of sp³-hybridized carbons (Fsp3) is 0.381. The summed E-state index contributed by atoms with van der Waals surface area (Å²) in [6.45, 7) is 5.82. The number of methoxy groups -OCH3 is 1. The monoisotopic (exact) mass is 386 g/mol. The zero-order chi connectivity index (χ0) is 19.1. The van der Waals surface area contributed by atoms with E-state index in [1.165, 1.54) is 10.5 Å². The van der Waals surface area contributed by atoms with Gasteiger partial charge in [0.2, 0.25) is 0 Å². The van der Waals surface area contributed by atoms with Gasteiger partial charge in [-0.15, -0.1) is 0 Å². The van der Waals surface area contributed by atoms with Crippen LogP contribution in [0.5, 0.6) is 5.75 Å². The molecular formula is C21H28N3O2S+. The van der Waals surface area contributed by atoms with E-state index in [0.717, 1.165) is 37.7 Å². The molecule has 0 radical (unpaired) electrons. The largest absolute Gasteiger partial charge is 0.497 e. The molecule has 1 heterocycles. The van der Waals surface area contributed by atoms with Crippen LogP contribution in [-0.2, 0) is 4.74 Å². The molecule has 6 heteroatoms. The predicted octanol–water partition coefficient (Wildman–Crippen LogP) is 2.03. The average molecular weight is 387 g/mol. The Labute approximate surface area is 166 Å². The van der Waals surface area contributed by atoms with Gasteiger partial charge < -0.3 is 25.0 Å². The standard InChI is InChI=1S/C21H27N3O2S/c1-16(22-21(27)23-18-8-10-19(25-2)11-9-18)20(17-6-4-3-5-7-17)24-12-14-26-15-13-24/h3-11,16,20H,12-15H2,1-2H3,(H2,22,23,27)/p+1/t16-,20+/m1/s1. The molecule has 3 N–H and O–H groups in total.